The van der Waals surface area contributed by atoms with E-state index in [9.17, 15) is 9.59 Å². The summed E-state index contributed by atoms with van der Waals surface area (Å²) in [5.74, 6) is 0.609. The molecule has 2 aliphatic rings. The predicted octanol–water partition coefficient (Wildman–Crippen LogP) is 3.66. The van der Waals surface area contributed by atoms with Gasteiger partial charge in [0.25, 0.3) is 0 Å². The predicted molar refractivity (Wildman–Crippen MR) is 126 cm³/mol. The first-order valence-corrected chi connectivity index (χ1v) is 11.4. The van der Waals surface area contributed by atoms with Crippen molar-refractivity contribution >= 4 is 22.6 Å². The van der Waals surface area contributed by atoms with Gasteiger partial charge in [-0.1, -0.05) is 54.6 Å². The van der Waals surface area contributed by atoms with Crippen molar-refractivity contribution in [3.05, 3.63) is 100 Å². The van der Waals surface area contributed by atoms with Gasteiger partial charge in [0.15, 0.2) is 11.6 Å². The number of fused-ring (bicyclic) bond motifs is 4. The number of ketones is 2. The minimum Gasteiger partial charge on any atom is -0.340 e. The van der Waals surface area contributed by atoms with E-state index in [-0.39, 0.29) is 11.6 Å². The molecule has 1 N–H and O–H groups in total. The van der Waals surface area contributed by atoms with Crippen LogP contribution >= 0.6 is 0 Å². The largest absolute Gasteiger partial charge is 0.340 e. The van der Waals surface area contributed by atoms with Crippen molar-refractivity contribution in [3.63, 3.8) is 0 Å². The first-order valence-electron chi connectivity index (χ1n) is 11.4. The van der Waals surface area contributed by atoms with Crippen LogP contribution < -0.4 is 0 Å². The molecule has 6 rings (SSSR count). The highest BCUT2D eigenvalue weighted by atomic mass is 16.1. The maximum absolute atomic E-state index is 13.2. The Bertz CT molecular complexity index is 1370. The second-order valence-electron chi connectivity index (χ2n) is 8.81. The lowest BCUT2D eigenvalue weighted by molar-refractivity contribution is 0.0980. The average Bonchev–Trinajstić information content (AvgIpc) is 3.26. The Balaban J connectivity index is 1.21. The Morgan fingerprint density at radius 2 is 1.33 bits per heavy atom. The molecule has 1 fully saturated rings. The molecule has 164 valence electrons. The third-order valence-corrected chi connectivity index (χ3v) is 6.68. The van der Waals surface area contributed by atoms with Gasteiger partial charge in [0.2, 0.25) is 0 Å². The monoisotopic (exact) mass is 436 g/mol. The van der Waals surface area contributed by atoms with Crippen LogP contribution in [0.25, 0.3) is 11.0 Å². The summed E-state index contributed by atoms with van der Waals surface area (Å²) in [6.45, 7) is 5.62. The van der Waals surface area contributed by atoms with Gasteiger partial charge in [0.05, 0.1) is 23.1 Å². The van der Waals surface area contributed by atoms with Crippen molar-refractivity contribution in [3.8, 4) is 0 Å². The summed E-state index contributed by atoms with van der Waals surface area (Å²) >= 11 is 0. The number of aromatic nitrogens is 2. The van der Waals surface area contributed by atoms with E-state index >= 15 is 0 Å². The molecule has 1 aromatic heterocycles. The van der Waals surface area contributed by atoms with Crippen LogP contribution in [0.15, 0.2) is 66.7 Å². The molecule has 6 heteroatoms. The normalized spacial score (nSPS) is 16.7. The highest BCUT2D eigenvalue weighted by Gasteiger charge is 2.32. The van der Waals surface area contributed by atoms with Crippen LogP contribution in [0.3, 0.4) is 0 Å². The molecule has 1 aliphatic heterocycles. The molecule has 0 saturated carbocycles. The van der Waals surface area contributed by atoms with E-state index in [1.165, 1.54) is 5.56 Å². The highest BCUT2D eigenvalue weighted by molar-refractivity contribution is 6.31. The number of aromatic amines is 1. The lowest BCUT2D eigenvalue weighted by atomic mass is 9.83. The topological polar surface area (TPSA) is 69.3 Å². The van der Waals surface area contributed by atoms with Crippen LogP contribution in [0.1, 0.15) is 43.2 Å². The van der Waals surface area contributed by atoms with E-state index in [4.69, 9.17) is 4.98 Å². The lowest BCUT2D eigenvalue weighted by Gasteiger charge is -2.34. The second kappa shape index (κ2) is 8.06. The van der Waals surface area contributed by atoms with E-state index in [1.807, 2.05) is 12.1 Å². The van der Waals surface area contributed by atoms with E-state index < -0.39 is 0 Å². The Morgan fingerprint density at radius 1 is 0.697 bits per heavy atom. The fourth-order valence-electron chi connectivity index (χ4n) is 4.95. The first-order chi connectivity index (χ1) is 16.2. The summed E-state index contributed by atoms with van der Waals surface area (Å²) < 4.78 is 0. The molecule has 3 aromatic carbocycles. The van der Waals surface area contributed by atoms with Gasteiger partial charge in [-0.25, -0.2) is 4.98 Å². The summed E-state index contributed by atoms with van der Waals surface area (Å²) in [5, 5.41) is 0. The summed E-state index contributed by atoms with van der Waals surface area (Å²) in [5.41, 5.74) is 4.58. The van der Waals surface area contributed by atoms with Gasteiger partial charge in [-0.05, 0) is 17.7 Å². The maximum Gasteiger partial charge on any atom is 0.196 e. The van der Waals surface area contributed by atoms with Crippen molar-refractivity contribution in [2.24, 2.45) is 0 Å². The van der Waals surface area contributed by atoms with Gasteiger partial charge in [0, 0.05) is 49.4 Å². The van der Waals surface area contributed by atoms with E-state index in [1.54, 1.807) is 30.3 Å². The van der Waals surface area contributed by atoms with Crippen molar-refractivity contribution in [1.29, 1.82) is 0 Å². The van der Waals surface area contributed by atoms with Crippen LogP contribution in [0.2, 0.25) is 0 Å². The zero-order valence-electron chi connectivity index (χ0n) is 18.3. The van der Waals surface area contributed by atoms with Crippen LogP contribution in [0, 0.1) is 0 Å². The Hall–Kier alpha value is -3.61. The zero-order chi connectivity index (χ0) is 22.4. The molecule has 0 amide bonds. The van der Waals surface area contributed by atoms with Gasteiger partial charge in [0.1, 0.15) is 5.82 Å². The molecule has 33 heavy (non-hydrogen) atoms. The third-order valence-electron chi connectivity index (χ3n) is 6.68. The molecular formula is C27H24N4O2. The third kappa shape index (κ3) is 3.57. The van der Waals surface area contributed by atoms with E-state index in [0.717, 1.165) is 44.1 Å². The summed E-state index contributed by atoms with van der Waals surface area (Å²) in [7, 11) is 0. The molecule has 0 atom stereocenters. The van der Waals surface area contributed by atoms with Gasteiger partial charge >= 0.3 is 0 Å². The Morgan fingerprint density at radius 3 is 2.06 bits per heavy atom. The number of carbonyl (C=O) groups is 2. The number of piperazine rings is 1. The van der Waals surface area contributed by atoms with Gasteiger partial charge in [-0.15, -0.1) is 0 Å². The maximum atomic E-state index is 13.2. The number of nitrogens with one attached hydrogen (secondary N) is 1. The summed E-state index contributed by atoms with van der Waals surface area (Å²) in [6, 6.07) is 21.2. The minimum atomic E-state index is -0.115. The summed E-state index contributed by atoms with van der Waals surface area (Å²) in [4.78, 5) is 39.2. The SMILES string of the molecule is O=C1c2ccccc2C(=O)c2c1ccc1nc(CN3CCN(Cc4ccccc4)CC3)[nH]c21. The number of carbonyl (C=O) groups excluding carboxylic acids is 2. The molecule has 6 nitrogen and oxygen atoms in total. The molecule has 1 aliphatic carbocycles. The smallest absolute Gasteiger partial charge is 0.196 e. The molecule has 2 heterocycles. The Labute approximate surface area is 191 Å². The van der Waals surface area contributed by atoms with Crippen molar-refractivity contribution < 1.29 is 9.59 Å². The number of benzene rings is 3. The molecular weight excluding hydrogens is 412 g/mol. The molecule has 0 bridgehead atoms. The minimum absolute atomic E-state index is 0.104. The van der Waals surface area contributed by atoms with Crippen molar-refractivity contribution in [2.75, 3.05) is 26.2 Å². The van der Waals surface area contributed by atoms with Gasteiger partial charge < -0.3 is 4.98 Å². The standard InChI is InChI=1S/C27H24N4O2/c32-26-19-8-4-5-9-20(19)27(33)24-21(26)10-11-22-25(24)29-23(28-22)17-31-14-12-30(13-15-31)16-18-6-2-1-3-7-18/h1-11H,12-17H2,(H,28,29). The number of rotatable bonds is 4. The lowest BCUT2D eigenvalue weighted by Crippen LogP contribution is -2.45. The van der Waals surface area contributed by atoms with Crippen LogP contribution in [-0.2, 0) is 13.1 Å². The number of nitrogens with zero attached hydrogens (tertiary/aromatic N) is 3. The van der Waals surface area contributed by atoms with E-state index in [0.29, 0.717) is 34.3 Å². The highest BCUT2D eigenvalue weighted by Crippen LogP contribution is 2.31. The molecule has 0 radical (unpaired) electrons. The van der Waals surface area contributed by atoms with Crippen LogP contribution in [0.4, 0.5) is 0 Å². The summed E-state index contributed by atoms with van der Waals surface area (Å²) in [6.07, 6.45) is 0. The fourth-order valence-corrected chi connectivity index (χ4v) is 4.95. The molecule has 4 aromatic rings. The van der Waals surface area contributed by atoms with Crippen LogP contribution in [0.5, 0.6) is 0 Å². The first kappa shape index (κ1) is 20.0. The van der Waals surface area contributed by atoms with Gasteiger partial charge in [-0.2, -0.15) is 0 Å². The molecule has 0 unspecified atom stereocenters. The van der Waals surface area contributed by atoms with Crippen molar-refractivity contribution in [1.82, 2.24) is 19.8 Å². The van der Waals surface area contributed by atoms with Crippen LogP contribution in [-0.4, -0.2) is 57.5 Å². The fraction of sp³-hybridized carbons (Fsp3) is 0.222. The van der Waals surface area contributed by atoms with Crippen molar-refractivity contribution in [2.45, 2.75) is 13.1 Å². The quantitative estimate of drug-likeness (QED) is 0.466. The average molecular weight is 437 g/mol. The van der Waals surface area contributed by atoms with E-state index in [2.05, 4.69) is 39.0 Å². The van der Waals surface area contributed by atoms with Gasteiger partial charge in [-0.3, -0.25) is 19.4 Å². The number of imidazole rings is 1. The second-order valence-corrected chi connectivity index (χ2v) is 8.81. The number of hydrogen-bond donors (Lipinski definition) is 1. The number of H-pyrrole nitrogens is 1. The number of hydrogen-bond acceptors (Lipinski definition) is 5. The molecule has 0 spiro atoms. The zero-order valence-corrected chi connectivity index (χ0v) is 18.3. The molecule has 1 saturated heterocycles. The Kier molecular flexibility index (Phi) is 4.89.